The second kappa shape index (κ2) is 3.90. The molecule has 0 spiro atoms. The predicted molar refractivity (Wildman–Crippen MR) is 61.1 cm³/mol. The van der Waals surface area contributed by atoms with Gasteiger partial charge in [0.2, 0.25) is 0 Å². The first kappa shape index (κ1) is 10.9. The second-order valence-corrected chi connectivity index (χ2v) is 4.54. The number of carboxylic acid groups (broad SMARTS) is 1. The molecule has 94 valence electrons. The number of aromatic nitrogens is 5. The fraction of sp³-hybridized carbons (Fsp3) is 0.500. The van der Waals surface area contributed by atoms with Gasteiger partial charge in [-0.15, -0.1) is 5.10 Å². The minimum Gasteiger partial charge on any atom is -0.481 e. The number of hydrogen-bond acceptors (Lipinski definition) is 6. The number of aliphatic carboxylic acids is 1. The van der Waals surface area contributed by atoms with Crippen molar-refractivity contribution in [1.29, 1.82) is 0 Å². The summed E-state index contributed by atoms with van der Waals surface area (Å²) in [6, 6.07) is 0. The van der Waals surface area contributed by atoms with Crippen LogP contribution in [-0.4, -0.2) is 49.2 Å². The van der Waals surface area contributed by atoms with Gasteiger partial charge in [-0.25, -0.2) is 0 Å². The van der Waals surface area contributed by atoms with Gasteiger partial charge in [-0.05, 0) is 16.3 Å². The van der Waals surface area contributed by atoms with Crippen LogP contribution in [0.4, 0.5) is 5.82 Å². The number of rotatable bonds is 2. The van der Waals surface area contributed by atoms with Crippen LogP contribution >= 0.6 is 0 Å². The maximum atomic E-state index is 11.1. The zero-order valence-electron chi connectivity index (χ0n) is 9.76. The van der Waals surface area contributed by atoms with Gasteiger partial charge in [-0.1, -0.05) is 6.92 Å². The van der Waals surface area contributed by atoms with Crippen molar-refractivity contribution in [2.24, 2.45) is 11.8 Å². The number of nitrogens with zero attached hydrogens (tertiary/aromatic N) is 6. The number of hydrogen-bond donors (Lipinski definition) is 1. The zero-order valence-corrected chi connectivity index (χ0v) is 9.76. The van der Waals surface area contributed by atoms with Gasteiger partial charge in [0.25, 0.3) is 0 Å². The molecule has 8 nitrogen and oxygen atoms in total. The fourth-order valence-corrected chi connectivity index (χ4v) is 2.35. The van der Waals surface area contributed by atoms with Crippen molar-refractivity contribution >= 4 is 17.4 Å². The highest BCUT2D eigenvalue weighted by molar-refractivity contribution is 5.72. The van der Waals surface area contributed by atoms with Gasteiger partial charge in [-0.3, -0.25) is 9.78 Å². The quantitative estimate of drug-likeness (QED) is 0.777. The Balaban J connectivity index is 1.97. The molecule has 2 aromatic rings. The molecule has 0 radical (unpaired) electrons. The molecule has 8 heteroatoms. The van der Waals surface area contributed by atoms with E-state index in [0.717, 1.165) is 5.82 Å². The molecule has 0 amide bonds. The molecule has 1 saturated heterocycles. The second-order valence-electron chi connectivity index (χ2n) is 4.54. The van der Waals surface area contributed by atoms with Crippen LogP contribution in [0.5, 0.6) is 0 Å². The highest BCUT2D eigenvalue weighted by Crippen LogP contribution is 2.27. The summed E-state index contributed by atoms with van der Waals surface area (Å²) in [5, 5.41) is 20.4. The Labute approximate surface area is 102 Å². The maximum absolute atomic E-state index is 11.1. The van der Waals surface area contributed by atoms with E-state index in [9.17, 15) is 4.79 Å². The highest BCUT2D eigenvalue weighted by atomic mass is 16.4. The number of tetrazole rings is 1. The van der Waals surface area contributed by atoms with Gasteiger partial charge < -0.3 is 10.0 Å². The van der Waals surface area contributed by atoms with Crippen molar-refractivity contribution in [2.75, 3.05) is 18.0 Å². The molecule has 18 heavy (non-hydrogen) atoms. The lowest BCUT2D eigenvalue weighted by atomic mass is 9.99. The first-order valence-corrected chi connectivity index (χ1v) is 5.66. The molecule has 0 unspecified atom stereocenters. The Bertz CT molecular complexity index is 597. The maximum Gasteiger partial charge on any atom is 0.308 e. The summed E-state index contributed by atoms with van der Waals surface area (Å²) >= 11 is 0. The Morgan fingerprint density at radius 1 is 1.44 bits per heavy atom. The molecule has 0 aliphatic carbocycles. The predicted octanol–water partition coefficient (Wildman–Crippen LogP) is -0.324. The van der Waals surface area contributed by atoms with Gasteiger partial charge in [0.15, 0.2) is 11.5 Å². The topological polar surface area (TPSA) is 96.5 Å². The third kappa shape index (κ3) is 1.57. The molecule has 3 rings (SSSR count). The van der Waals surface area contributed by atoms with Crippen LogP contribution in [0, 0.1) is 11.8 Å². The van der Waals surface area contributed by atoms with Gasteiger partial charge in [-0.2, -0.15) is 4.52 Å². The normalized spacial score (nSPS) is 23.7. The van der Waals surface area contributed by atoms with Gasteiger partial charge in [0, 0.05) is 13.1 Å². The third-order valence-corrected chi connectivity index (χ3v) is 3.34. The van der Waals surface area contributed by atoms with E-state index >= 15 is 0 Å². The van der Waals surface area contributed by atoms with Crippen LogP contribution in [0.3, 0.4) is 0 Å². The van der Waals surface area contributed by atoms with E-state index in [1.165, 1.54) is 0 Å². The monoisotopic (exact) mass is 248 g/mol. The van der Waals surface area contributed by atoms with E-state index in [1.54, 1.807) is 16.9 Å². The molecular weight excluding hydrogens is 236 g/mol. The molecule has 2 atom stereocenters. The first-order valence-electron chi connectivity index (χ1n) is 5.66. The molecule has 3 heterocycles. The Kier molecular flexibility index (Phi) is 2.35. The minimum atomic E-state index is -0.762. The number of anilines is 1. The summed E-state index contributed by atoms with van der Waals surface area (Å²) < 4.78 is 1.57. The summed E-state index contributed by atoms with van der Waals surface area (Å²) in [4.78, 5) is 17.1. The summed E-state index contributed by atoms with van der Waals surface area (Å²) in [6.45, 7) is 3.06. The molecule has 1 N–H and O–H groups in total. The van der Waals surface area contributed by atoms with Crippen molar-refractivity contribution < 1.29 is 9.90 Å². The SMILES string of the molecule is C[C@@H]1CN(c2cncc3nnnn23)C[C@H]1C(=O)O. The molecular formula is C10H12N6O2. The number of fused-ring (bicyclic) bond motifs is 1. The number of carbonyl (C=O) groups is 1. The highest BCUT2D eigenvalue weighted by Gasteiger charge is 2.35. The van der Waals surface area contributed by atoms with Crippen molar-refractivity contribution in [3.63, 3.8) is 0 Å². The van der Waals surface area contributed by atoms with Crippen molar-refractivity contribution in [1.82, 2.24) is 25.0 Å². The molecule has 2 aromatic heterocycles. The first-order chi connectivity index (χ1) is 8.66. The molecule has 0 saturated carbocycles. The lowest BCUT2D eigenvalue weighted by Crippen LogP contribution is -2.25. The minimum absolute atomic E-state index is 0.0919. The van der Waals surface area contributed by atoms with Gasteiger partial charge >= 0.3 is 5.97 Å². The molecule has 1 aliphatic heterocycles. The molecule has 1 fully saturated rings. The van der Waals surface area contributed by atoms with Crippen LogP contribution in [0.25, 0.3) is 5.65 Å². The van der Waals surface area contributed by atoms with E-state index in [1.807, 2.05) is 11.8 Å². The number of carboxylic acids is 1. The van der Waals surface area contributed by atoms with E-state index in [2.05, 4.69) is 20.5 Å². The molecule has 0 bridgehead atoms. The smallest absolute Gasteiger partial charge is 0.308 e. The average Bonchev–Trinajstić information content (AvgIpc) is 2.94. The lowest BCUT2D eigenvalue weighted by molar-refractivity contribution is -0.142. The van der Waals surface area contributed by atoms with E-state index < -0.39 is 5.97 Å². The van der Waals surface area contributed by atoms with Crippen LogP contribution in [-0.2, 0) is 4.79 Å². The summed E-state index contributed by atoms with van der Waals surface area (Å²) in [7, 11) is 0. The molecule has 0 aromatic carbocycles. The van der Waals surface area contributed by atoms with Gasteiger partial charge in [0.1, 0.15) is 0 Å². The van der Waals surface area contributed by atoms with Crippen molar-refractivity contribution in [3.05, 3.63) is 12.4 Å². The average molecular weight is 248 g/mol. The Hall–Kier alpha value is -2.25. The Morgan fingerprint density at radius 3 is 3.00 bits per heavy atom. The van der Waals surface area contributed by atoms with Crippen molar-refractivity contribution in [2.45, 2.75) is 6.92 Å². The van der Waals surface area contributed by atoms with Crippen LogP contribution in [0.1, 0.15) is 6.92 Å². The third-order valence-electron chi connectivity index (χ3n) is 3.34. The molecule has 1 aliphatic rings. The van der Waals surface area contributed by atoms with Crippen LogP contribution < -0.4 is 4.90 Å². The van der Waals surface area contributed by atoms with Crippen molar-refractivity contribution in [3.8, 4) is 0 Å². The largest absolute Gasteiger partial charge is 0.481 e. The van der Waals surface area contributed by atoms with E-state index in [0.29, 0.717) is 18.7 Å². The van der Waals surface area contributed by atoms with E-state index in [4.69, 9.17) is 5.11 Å². The fourth-order valence-electron chi connectivity index (χ4n) is 2.35. The lowest BCUT2D eigenvalue weighted by Gasteiger charge is -2.17. The van der Waals surface area contributed by atoms with E-state index in [-0.39, 0.29) is 11.8 Å². The van der Waals surface area contributed by atoms with Crippen LogP contribution in [0.2, 0.25) is 0 Å². The van der Waals surface area contributed by atoms with Gasteiger partial charge in [0.05, 0.1) is 18.3 Å². The van der Waals surface area contributed by atoms with Crippen LogP contribution in [0.15, 0.2) is 12.4 Å². The standard InChI is InChI=1S/C10H12N6O2/c1-6-4-15(5-7(6)10(17)18)9-3-11-2-8-12-13-14-16(8)9/h2-3,6-7H,4-5H2,1H3,(H,17,18)/t6-,7-/m1/s1. The Morgan fingerprint density at radius 2 is 2.28 bits per heavy atom. The summed E-state index contributed by atoms with van der Waals surface area (Å²) in [5.41, 5.74) is 0.555. The summed E-state index contributed by atoms with van der Waals surface area (Å²) in [6.07, 6.45) is 3.22. The zero-order chi connectivity index (χ0) is 12.7. The summed E-state index contributed by atoms with van der Waals surface area (Å²) in [5.74, 6) is -0.305.